The summed E-state index contributed by atoms with van der Waals surface area (Å²) in [6, 6.07) is -0.00217. The highest BCUT2D eigenvalue weighted by atomic mass is 32.2. The molecular weight excluding hydrogens is 368 g/mol. The molecule has 27 heavy (non-hydrogen) atoms. The summed E-state index contributed by atoms with van der Waals surface area (Å²) >= 11 is 0. The summed E-state index contributed by atoms with van der Waals surface area (Å²) in [5.41, 5.74) is 2.31. The molecule has 0 aromatic carbocycles. The molecule has 152 valence electrons. The van der Waals surface area contributed by atoms with Crippen molar-refractivity contribution in [1.82, 2.24) is 20.0 Å². The van der Waals surface area contributed by atoms with Crippen LogP contribution >= 0.6 is 0 Å². The van der Waals surface area contributed by atoms with Gasteiger partial charge in [0.2, 0.25) is 16.0 Å². The van der Waals surface area contributed by atoms with E-state index in [1.54, 1.807) is 7.11 Å². The van der Waals surface area contributed by atoms with Crippen LogP contribution in [0.4, 0.5) is 11.8 Å². The average molecular weight is 399 g/mol. The van der Waals surface area contributed by atoms with Gasteiger partial charge in [-0.2, -0.15) is 4.98 Å². The van der Waals surface area contributed by atoms with Gasteiger partial charge in [0.25, 0.3) is 0 Å². The van der Waals surface area contributed by atoms with Crippen molar-refractivity contribution in [2.45, 2.75) is 31.7 Å². The van der Waals surface area contributed by atoms with Gasteiger partial charge in [-0.05, 0) is 25.8 Å². The van der Waals surface area contributed by atoms with Gasteiger partial charge < -0.3 is 20.3 Å². The summed E-state index contributed by atoms with van der Waals surface area (Å²) in [4.78, 5) is 11.8. The van der Waals surface area contributed by atoms with Crippen LogP contribution in [-0.4, -0.2) is 77.1 Å². The quantitative estimate of drug-likeness (QED) is 0.539. The molecule has 1 fully saturated rings. The summed E-state index contributed by atoms with van der Waals surface area (Å²) in [7, 11) is -1.50. The molecule has 1 saturated heterocycles. The van der Waals surface area contributed by atoms with E-state index in [0.29, 0.717) is 19.1 Å². The highest BCUT2D eigenvalue weighted by molar-refractivity contribution is 7.88. The molecule has 1 aromatic rings. The van der Waals surface area contributed by atoms with Gasteiger partial charge in [-0.1, -0.05) is 0 Å². The molecule has 0 saturated carbocycles. The molecule has 9 nitrogen and oxygen atoms in total. The third-order valence-corrected chi connectivity index (χ3v) is 5.69. The van der Waals surface area contributed by atoms with E-state index in [9.17, 15) is 8.42 Å². The minimum atomic E-state index is -3.17. The fraction of sp³-hybridized carbons (Fsp3) is 0.765. The third kappa shape index (κ3) is 5.74. The molecule has 0 unspecified atom stereocenters. The van der Waals surface area contributed by atoms with Crippen molar-refractivity contribution in [2.24, 2.45) is 0 Å². The molecule has 0 spiro atoms. The number of sulfonamides is 1. The van der Waals surface area contributed by atoms with Crippen LogP contribution in [0.2, 0.25) is 0 Å². The van der Waals surface area contributed by atoms with Gasteiger partial charge >= 0.3 is 0 Å². The van der Waals surface area contributed by atoms with Crippen LogP contribution in [0.25, 0.3) is 0 Å². The number of nitrogens with zero attached hydrogens (tertiary/aromatic N) is 3. The number of nitrogens with one attached hydrogen (secondary N) is 3. The molecule has 0 radical (unpaired) electrons. The normalized spacial score (nSPS) is 18.8. The summed E-state index contributed by atoms with van der Waals surface area (Å²) in [5, 5.41) is 6.67. The molecule has 2 aliphatic rings. The Morgan fingerprint density at radius 3 is 2.67 bits per heavy atom. The third-order valence-electron chi connectivity index (χ3n) is 4.93. The predicted molar refractivity (Wildman–Crippen MR) is 106 cm³/mol. The lowest BCUT2D eigenvalue weighted by Gasteiger charge is -2.34. The smallest absolute Gasteiger partial charge is 0.224 e. The van der Waals surface area contributed by atoms with Crippen LogP contribution in [0.5, 0.6) is 0 Å². The maximum absolute atomic E-state index is 11.5. The average Bonchev–Trinajstić information content (AvgIpc) is 2.86. The molecule has 0 bridgehead atoms. The van der Waals surface area contributed by atoms with Crippen molar-refractivity contribution < 1.29 is 13.2 Å². The van der Waals surface area contributed by atoms with Crippen LogP contribution in [0, 0.1) is 0 Å². The second-order valence-corrected chi connectivity index (χ2v) is 8.90. The molecule has 3 rings (SSSR count). The van der Waals surface area contributed by atoms with Gasteiger partial charge in [0.1, 0.15) is 5.82 Å². The Morgan fingerprint density at radius 1 is 1.22 bits per heavy atom. The molecule has 10 heteroatoms. The first kappa shape index (κ1) is 20.2. The number of anilines is 2. The molecule has 0 atom stereocenters. The van der Waals surface area contributed by atoms with Gasteiger partial charge in [0.15, 0.2) is 0 Å². The van der Waals surface area contributed by atoms with Crippen molar-refractivity contribution >= 4 is 21.8 Å². The second kappa shape index (κ2) is 9.13. The summed E-state index contributed by atoms with van der Waals surface area (Å²) in [6.45, 7) is 4.66. The lowest BCUT2D eigenvalue weighted by molar-refractivity contribution is 0.210. The van der Waals surface area contributed by atoms with E-state index in [1.165, 1.54) is 11.8 Å². The van der Waals surface area contributed by atoms with Crippen LogP contribution in [0.3, 0.4) is 0 Å². The van der Waals surface area contributed by atoms with Gasteiger partial charge in [-0.15, -0.1) is 0 Å². The standard InChI is InChI=1S/C17H30N6O3S/c1-26-12-9-19-17-20-15-4-8-18-7-3-14(15)16(21-17)23-10-5-13(6-11-23)22-27(2,24)25/h13,18,22H,3-12H2,1-2H3,(H,19,20,21). The summed E-state index contributed by atoms with van der Waals surface area (Å²) in [5.74, 6) is 1.63. The monoisotopic (exact) mass is 398 g/mol. The van der Waals surface area contributed by atoms with Crippen molar-refractivity contribution in [3.05, 3.63) is 11.3 Å². The molecule has 3 heterocycles. The lowest BCUT2D eigenvalue weighted by atomic mass is 10.0. The Bertz CT molecular complexity index is 734. The second-order valence-electron chi connectivity index (χ2n) is 7.12. The highest BCUT2D eigenvalue weighted by Crippen LogP contribution is 2.27. The first-order chi connectivity index (χ1) is 13.0. The van der Waals surface area contributed by atoms with Gasteiger partial charge in [0.05, 0.1) is 18.6 Å². The molecule has 2 aliphatic heterocycles. The van der Waals surface area contributed by atoms with Crippen molar-refractivity contribution in [3.63, 3.8) is 0 Å². The number of hydrogen-bond donors (Lipinski definition) is 3. The zero-order valence-corrected chi connectivity index (χ0v) is 16.9. The van der Waals surface area contributed by atoms with Crippen molar-refractivity contribution in [1.29, 1.82) is 0 Å². The topological polar surface area (TPSA) is 108 Å². The van der Waals surface area contributed by atoms with Crippen LogP contribution in [0.15, 0.2) is 0 Å². The zero-order chi connectivity index (χ0) is 19.3. The van der Waals surface area contributed by atoms with Crippen molar-refractivity contribution in [3.8, 4) is 0 Å². The number of aromatic nitrogens is 2. The van der Waals surface area contributed by atoms with E-state index in [1.807, 2.05) is 0 Å². The largest absolute Gasteiger partial charge is 0.383 e. The fourth-order valence-electron chi connectivity index (χ4n) is 3.64. The Morgan fingerprint density at radius 2 is 1.96 bits per heavy atom. The number of rotatable bonds is 7. The van der Waals surface area contributed by atoms with E-state index in [-0.39, 0.29) is 6.04 Å². The van der Waals surface area contributed by atoms with E-state index in [2.05, 4.69) is 20.3 Å². The fourth-order valence-corrected chi connectivity index (χ4v) is 4.48. The van der Waals surface area contributed by atoms with Crippen LogP contribution < -0.4 is 20.3 Å². The molecule has 0 aliphatic carbocycles. The molecule has 1 aromatic heterocycles. The Kier molecular flexibility index (Phi) is 6.85. The van der Waals surface area contributed by atoms with E-state index in [4.69, 9.17) is 14.7 Å². The summed E-state index contributed by atoms with van der Waals surface area (Å²) < 4.78 is 30.8. The number of methoxy groups -OCH3 is 1. The van der Waals surface area contributed by atoms with Crippen LogP contribution in [-0.2, 0) is 27.6 Å². The van der Waals surface area contributed by atoms with Crippen molar-refractivity contribution in [2.75, 3.05) is 62.9 Å². The van der Waals surface area contributed by atoms with E-state index < -0.39 is 10.0 Å². The Balaban J connectivity index is 1.77. The number of hydrogen-bond acceptors (Lipinski definition) is 8. The first-order valence-corrected chi connectivity index (χ1v) is 11.4. The summed E-state index contributed by atoms with van der Waals surface area (Å²) in [6.07, 6.45) is 4.56. The maximum atomic E-state index is 11.5. The van der Waals surface area contributed by atoms with E-state index in [0.717, 1.165) is 63.4 Å². The Labute approximate surface area is 161 Å². The number of ether oxygens (including phenoxy) is 1. The SMILES string of the molecule is COCCNc1nc2c(c(N3CCC(NS(C)(=O)=O)CC3)n1)CCNCC2. The maximum Gasteiger partial charge on any atom is 0.224 e. The molecular formula is C17H30N6O3S. The number of piperidine rings is 1. The highest BCUT2D eigenvalue weighted by Gasteiger charge is 2.26. The van der Waals surface area contributed by atoms with Gasteiger partial charge in [0, 0.05) is 51.3 Å². The van der Waals surface area contributed by atoms with Crippen LogP contribution in [0.1, 0.15) is 24.1 Å². The zero-order valence-electron chi connectivity index (χ0n) is 16.1. The predicted octanol–water partition coefficient (Wildman–Crippen LogP) is -0.259. The number of fused-ring (bicyclic) bond motifs is 1. The van der Waals surface area contributed by atoms with E-state index >= 15 is 0 Å². The Hall–Kier alpha value is -1.49. The van der Waals surface area contributed by atoms with Gasteiger partial charge in [-0.25, -0.2) is 18.1 Å². The first-order valence-electron chi connectivity index (χ1n) is 9.52. The van der Waals surface area contributed by atoms with Gasteiger partial charge in [-0.3, -0.25) is 0 Å². The minimum Gasteiger partial charge on any atom is -0.383 e. The lowest BCUT2D eigenvalue weighted by Crippen LogP contribution is -2.45. The molecule has 3 N–H and O–H groups in total. The minimum absolute atomic E-state index is 0.00217. The molecule has 0 amide bonds.